The van der Waals surface area contributed by atoms with Gasteiger partial charge in [-0.05, 0) is 62.7 Å². The molecule has 2 aliphatic rings. The number of amides is 2. The zero-order valence-corrected chi connectivity index (χ0v) is 23.0. The Morgan fingerprint density at radius 1 is 1.07 bits per heavy atom. The van der Waals surface area contributed by atoms with Crippen LogP contribution in [0.2, 0.25) is 0 Å². The highest BCUT2D eigenvalue weighted by Gasteiger charge is 2.59. The number of carbonyl (C=O) groups is 2. The Morgan fingerprint density at radius 2 is 1.74 bits per heavy atom. The maximum absolute atomic E-state index is 15.2. The number of rotatable bonds is 7. The molecular formula is C29H27F2N7O4. The van der Waals surface area contributed by atoms with Gasteiger partial charge in [0.2, 0.25) is 11.8 Å². The number of carbonyl (C=O) groups excluding carboxylic acids is 1. The van der Waals surface area contributed by atoms with Crippen LogP contribution in [-0.4, -0.2) is 65.9 Å². The lowest BCUT2D eigenvalue weighted by Crippen LogP contribution is -2.40. The van der Waals surface area contributed by atoms with E-state index in [4.69, 9.17) is 4.74 Å². The summed E-state index contributed by atoms with van der Waals surface area (Å²) >= 11 is 0. The molecule has 2 fully saturated rings. The van der Waals surface area contributed by atoms with E-state index < -0.39 is 23.5 Å². The highest BCUT2D eigenvalue weighted by atomic mass is 19.1. The third kappa shape index (κ3) is 5.01. The van der Waals surface area contributed by atoms with Crippen molar-refractivity contribution in [2.75, 3.05) is 13.1 Å². The summed E-state index contributed by atoms with van der Waals surface area (Å²) in [4.78, 5) is 38.9. The molecule has 3 aromatic heterocycles. The Bertz CT molecular complexity index is 1670. The van der Waals surface area contributed by atoms with Gasteiger partial charge in [0.1, 0.15) is 17.5 Å². The normalized spacial score (nSPS) is 19.4. The van der Waals surface area contributed by atoms with E-state index in [-0.39, 0.29) is 46.8 Å². The van der Waals surface area contributed by atoms with Gasteiger partial charge in [-0.15, -0.1) is 0 Å². The van der Waals surface area contributed by atoms with Crippen molar-refractivity contribution in [1.29, 1.82) is 0 Å². The van der Waals surface area contributed by atoms with Crippen molar-refractivity contribution in [3.05, 3.63) is 83.4 Å². The van der Waals surface area contributed by atoms with Crippen LogP contribution in [0.25, 0.3) is 17.2 Å². The summed E-state index contributed by atoms with van der Waals surface area (Å²) in [7, 11) is 0. The fourth-order valence-corrected chi connectivity index (χ4v) is 5.42. The highest BCUT2D eigenvalue weighted by molar-refractivity contribution is 5.95. The lowest BCUT2D eigenvalue weighted by Gasteiger charge is -2.26. The van der Waals surface area contributed by atoms with Crippen LogP contribution < -0.4 is 10.1 Å². The second-order valence-electron chi connectivity index (χ2n) is 11.0. The van der Waals surface area contributed by atoms with Crippen LogP contribution in [0.15, 0.2) is 54.9 Å². The van der Waals surface area contributed by atoms with Crippen LogP contribution in [0.5, 0.6) is 5.88 Å². The molecule has 1 aromatic carbocycles. The summed E-state index contributed by atoms with van der Waals surface area (Å²) in [5.41, 5.74) is 0.901. The Morgan fingerprint density at radius 3 is 2.38 bits per heavy atom. The standard InChI is InChI=1S/C29H27F2N7O4/c1-15-23(25(31)38(36-15)27-32-9-4-10-33-27)26(39)37-13-19-20(14-37)24(19)42-22-12-17(29(2,3)35-28(40)41)11-21(34-22)16-5-7-18(30)8-6-16/h4-12,19-20,24,35H,13-14H2,1-3H3,(H,40,41)/t19-,20+,24?. The van der Waals surface area contributed by atoms with Crippen molar-refractivity contribution in [2.45, 2.75) is 32.4 Å². The quantitative estimate of drug-likeness (QED) is 0.338. The molecule has 0 bridgehead atoms. The van der Waals surface area contributed by atoms with Crippen molar-refractivity contribution < 1.29 is 28.2 Å². The lowest BCUT2D eigenvalue weighted by atomic mass is 9.93. The third-order valence-electron chi connectivity index (χ3n) is 7.70. The molecule has 13 heteroatoms. The first-order chi connectivity index (χ1) is 20.0. The molecule has 0 spiro atoms. The number of carboxylic acid groups (broad SMARTS) is 1. The summed E-state index contributed by atoms with van der Waals surface area (Å²) in [5.74, 6) is -1.30. The van der Waals surface area contributed by atoms with E-state index in [1.165, 1.54) is 24.5 Å². The van der Waals surface area contributed by atoms with E-state index in [9.17, 15) is 19.1 Å². The fourth-order valence-electron chi connectivity index (χ4n) is 5.42. The molecule has 3 atom stereocenters. The number of benzene rings is 1. The molecule has 42 heavy (non-hydrogen) atoms. The summed E-state index contributed by atoms with van der Waals surface area (Å²) in [6.45, 7) is 5.75. The second kappa shape index (κ2) is 10.2. The van der Waals surface area contributed by atoms with E-state index >= 15 is 4.39 Å². The SMILES string of the molecule is Cc1nn(-c2ncccn2)c(F)c1C(=O)N1C[C@@H]2C(Oc3cc(C(C)(C)NC(=O)O)cc(-c4ccc(F)cc4)n3)[C@@H]2C1. The molecule has 4 heterocycles. The van der Waals surface area contributed by atoms with Gasteiger partial charge >= 0.3 is 6.09 Å². The minimum atomic E-state index is -1.18. The average Bonchev–Trinajstić information content (AvgIpc) is 3.25. The van der Waals surface area contributed by atoms with E-state index in [1.54, 1.807) is 56.0 Å². The van der Waals surface area contributed by atoms with Crippen LogP contribution in [0.3, 0.4) is 0 Å². The number of halogens is 2. The van der Waals surface area contributed by atoms with Crippen LogP contribution in [0.4, 0.5) is 13.6 Å². The molecular weight excluding hydrogens is 548 g/mol. The highest BCUT2D eigenvalue weighted by Crippen LogP contribution is 2.48. The van der Waals surface area contributed by atoms with Crippen LogP contribution in [0, 0.1) is 30.5 Å². The van der Waals surface area contributed by atoms with Gasteiger partial charge in [0.25, 0.3) is 11.9 Å². The van der Waals surface area contributed by atoms with Crippen molar-refractivity contribution >= 4 is 12.0 Å². The van der Waals surface area contributed by atoms with E-state index in [1.807, 2.05) is 0 Å². The number of pyridine rings is 1. The van der Waals surface area contributed by atoms with Gasteiger partial charge in [0.05, 0.1) is 16.9 Å². The molecule has 0 radical (unpaired) electrons. The van der Waals surface area contributed by atoms with Crippen LogP contribution in [-0.2, 0) is 5.54 Å². The van der Waals surface area contributed by atoms with Gasteiger partial charge in [0.15, 0.2) is 0 Å². The first kappa shape index (κ1) is 27.2. The van der Waals surface area contributed by atoms with Gasteiger partial charge in [-0.25, -0.2) is 24.1 Å². The van der Waals surface area contributed by atoms with Crippen molar-refractivity contribution in [3.63, 3.8) is 0 Å². The monoisotopic (exact) mass is 575 g/mol. The third-order valence-corrected chi connectivity index (χ3v) is 7.70. The topological polar surface area (TPSA) is 135 Å². The predicted octanol–water partition coefficient (Wildman–Crippen LogP) is 3.96. The smallest absolute Gasteiger partial charge is 0.405 e. The van der Waals surface area contributed by atoms with Crippen LogP contribution >= 0.6 is 0 Å². The largest absolute Gasteiger partial charge is 0.474 e. The van der Waals surface area contributed by atoms with E-state index in [0.717, 1.165) is 4.68 Å². The number of piperidine rings is 1. The fraction of sp³-hybridized carbons (Fsp3) is 0.310. The molecule has 4 aromatic rings. The first-order valence-electron chi connectivity index (χ1n) is 13.3. The predicted molar refractivity (Wildman–Crippen MR) is 145 cm³/mol. The Hall–Kier alpha value is -4.94. The maximum atomic E-state index is 15.2. The molecule has 11 nitrogen and oxygen atoms in total. The number of fused-ring (bicyclic) bond motifs is 1. The molecule has 1 saturated carbocycles. The summed E-state index contributed by atoms with van der Waals surface area (Å²) < 4.78 is 36.0. The van der Waals surface area contributed by atoms with E-state index in [2.05, 4.69) is 25.4 Å². The lowest BCUT2D eigenvalue weighted by molar-refractivity contribution is 0.0745. The van der Waals surface area contributed by atoms with Gasteiger partial charge in [-0.3, -0.25) is 4.79 Å². The minimum absolute atomic E-state index is 0.0229. The van der Waals surface area contributed by atoms with Crippen molar-refractivity contribution in [1.82, 2.24) is 34.9 Å². The van der Waals surface area contributed by atoms with Gasteiger partial charge < -0.3 is 20.1 Å². The van der Waals surface area contributed by atoms with Crippen molar-refractivity contribution in [2.24, 2.45) is 11.8 Å². The van der Waals surface area contributed by atoms with Gasteiger partial charge in [0, 0.05) is 48.9 Å². The number of hydrogen-bond donors (Lipinski definition) is 2. The number of aryl methyl sites for hydroxylation is 1. The minimum Gasteiger partial charge on any atom is -0.474 e. The van der Waals surface area contributed by atoms with Crippen molar-refractivity contribution in [3.8, 4) is 23.1 Å². The molecule has 1 aliphatic carbocycles. The maximum Gasteiger partial charge on any atom is 0.405 e. The zero-order valence-electron chi connectivity index (χ0n) is 23.0. The summed E-state index contributed by atoms with van der Waals surface area (Å²) in [5, 5.41) is 16.0. The van der Waals surface area contributed by atoms with E-state index in [0.29, 0.717) is 29.9 Å². The number of nitrogens with zero attached hydrogens (tertiary/aromatic N) is 6. The zero-order chi connectivity index (χ0) is 29.8. The number of likely N-dealkylation sites (tertiary alicyclic amines) is 1. The van der Waals surface area contributed by atoms with Crippen LogP contribution in [0.1, 0.15) is 35.5 Å². The molecule has 2 amide bonds. The Balaban J connectivity index is 1.19. The number of hydrogen-bond acceptors (Lipinski definition) is 7. The second-order valence-corrected chi connectivity index (χ2v) is 11.0. The number of ether oxygens (including phenoxy) is 1. The molecule has 216 valence electrons. The van der Waals surface area contributed by atoms with Gasteiger partial charge in [-0.2, -0.15) is 14.2 Å². The summed E-state index contributed by atoms with van der Waals surface area (Å²) in [6, 6.07) is 10.8. The Labute approximate surface area is 239 Å². The summed E-state index contributed by atoms with van der Waals surface area (Å²) in [6.07, 6.45) is 1.52. The number of nitrogens with one attached hydrogen (secondary N) is 1. The molecule has 1 aliphatic heterocycles. The average molecular weight is 576 g/mol. The first-order valence-corrected chi connectivity index (χ1v) is 13.3. The van der Waals surface area contributed by atoms with Gasteiger partial charge in [-0.1, -0.05) is 0 Å². The molecule has 2 N–H and O–H groups in total. The molecule has 1 saturated heterocycles. The Kier molecular flexibility index (Phi) is 6.59. The molecule has 6 rings (SSSR count). The molecule has 1 unspecified atom stereocenters. The number of aromatic nitrogens is 5.